The molecule has 0 spiro atoms. The largest absolute Gasteiger partial charge is 0.308 e. The van der Waals surface area contributed by atoms with Gasteiger partial charge in [-0.1, -0.05) is 25.5 Å². The summed E-state index contributed by atoms with van der Waals surface area (Å²) in [5.74, 6) is -0.148. The molecule has 1 atom stereocenters. The molecule has 0 saturated carbocycles. The molecule has 2 rings (SSSR count). The van der Waals surface area contributed by atoms with Crippen LogP contribution in [0.3, 0.4) is 0 Å². The van der Waals surface area contributed by atoms with Crippen LogP contribution in [0.25, 0.3) is 0 Å². The van der Waals surface area contributed by atoms with Crippen LogP contribution in [0.2, 0.25) is 0 Å². The molecule has 3 heteroatoms. The summed E-state index contributed by atoms with van der Waals surface area (Å²) in [6.45, 7) is 9.99. The zero-order valence-corrected chi connectivity index (χ0v) is 13.7. The van der Waals surface area contributed by atoms with Gasteiger partial charge >= 0.3 is 0 Å². The van der Waals surface area contributed by atoms with Crippen molar-refractivity contribution in [3.63, 3.8) is 0 Å². The fraction of sp³-hybridized carbons (Fsp3) is 0.667. The van der Waals surface area contributed by atoms with E-state index in [-0.39, 0.29) is 17.4 Å². The minimum absolute atomic E-state index is 0.0105. The van der Waals surface area contributed by atoms with Crippen molar-refractivity contribution >= 4 is 0 Å². The number of halogens is 1. The SMILES string of the molecule is CCCNC(c1cccc(F)c1)C(C)(C)N1CCCCC1. The maximum Gasteiger partial charge on any atom is 0.123 e. The van der Waals surface area contributed by atoms with Gasteiger partial charge in [-0.15, -0.1) is 0 Å². The summed E-state index contributed by atoms with van der Waals surface area (Å²) >= 11 is 0. The summed E-state index contributed by atoms with van der Waals surface area (Å²) in [6, 6.07) is 7.22. The van der Waals surface area contributed by atoms with Crippen LogP contribution in [-0.4, -0.2) is 30.1 Å². The Morgan fingerprint density at radius 1 is 1.24 bits per heavy atom. The molecule has 1 fully saturated rings. The highest BCUT2D eigenvalue weighted by molar-refractivity contribution is 5.24. The molecule has 1 aliphatic rings. The Morgan fingerprint density at radius 3 is 2.57 bits per heavy atom. The molecule has 21 heavy (non-hydrogen) atoms. The maximum absolute atomic E-state index is 13.6. The first kappa shape index (κ1) is 16.4. The van der Waals surface area contributed by atoms with Crippen molar-refractivity contribution in [2.45, 2.75) is 58.0 Å². The monoisotopic (exact) mass is 292 g/mol. The third kappa shape index (κ3) is 4.04. The second kappa shape index (κ2) is 7.37. The average molecular weight is 292 g/mol. The van der Waals surface area contributed by atoms with E-state index in [4.69, 9.17) is 0 Å². The van der Waals surface area contributed by atoms with E-state index in [0.29, 0.717) is 0 Å². The highest BCUT2D eigenvalue weighted by Crippen LogP contribution is 2.33. The molecule has 0 bridgehead atoms. The van der Waals surface area contributed by atoms with Gasteiger partial charge in [0.15, 0.2) is 0 Å². The molecule has 1 aromatic rings. The fourth-order valence-corrected chi connectivity index (χ4v) is 3.40. The minimum Gasteiger partial charge on any atom is -0.308 e. The van der Waals surface area contributed by atoms with Gasteiger partial charge in [0.05, 0.1) is 6.04 Å². The first-order chi connectivity index (χ1) is 10.1. The molecule has 1 N–H and O–H groups in total. The lowest BCUT2D eigenvalue weighted by molar-refractivity contribution is 0.0607. The Morgan fingerprint density at radius 2 is 1.95 bits per heavy atom. The van der Waals surface area contributed by atoms with Crippen molar-refractivity contribution in [3.05, 3.63) is 35.6 Å². The van der Waals surface area contributed by atoms with E-state index in [1.807, 2.05) is 12.1 Å². The van der Waals surface area contributed by atoms with Crippen molar-refractivity contribution in [1.29, 1.82) is 0 Å². The first-order valence-corrected chi connectivity index (χ1v) is 8.29. The van der Waals surface area contributed by atoms with Gasteiger partial charge in [0, 0.05) is 5.54 Å². The van der Waals surface area contributed by atoms with Gasteiger partial charge in [-0.3, -0.25) is 4.90 Å². The summed E-state index contributed by atoms with van der Waals surface area (Å²) in [6.07, 6.45) is 4.96. The van der Waals surface area contributed by atoms with Gasteiger partial charge in [0.1, 0.15) is 5.82 Å². The topological polar surface area (TPSA) is 15.3 Å². The quantitative estimate of drug-likeness (QED) is 0.848. The number of piperidine rings is 1. The summed E-state index contributed by atoms with van der Waals surface area (Å²) in [5.41, 5.74) is 1.04. The number of nitrogens with one attached hydrogen (secondary N) is 1. The summed E-state index contributed by atoms with van der Waals surface area (Å²) in [5, 5.41) is 3.64. The van der Waals surface area contributed by atoms with Crippen molar-refractivity contribution in [3.8, 4) is 0 Å². The Labute approximate surface area is 128 Å². The average Bonchev–Trinajstić information content (AvgIpc) is 2.48. The van der Waals surface area contributed by atoms with Gasteiger partial charge in [-0.05, 0) is 70.4 Å². The lowest BCUT2D eigenvalue weighted by Crippen LogP contribution is -2.54. The molecule has 0 radical (unpaired) electrons. The van der Waals surface area contributed by atoms with Crippen LogP contribution in [0.4, 0.5) is 4.39 Å². The maximum atomic E-state index is 13.6. The van der Waals surface area contributed by atoms with E-state index in [1.165, 1.54) is 25.3 Å². The molecule has 0 aliphatic carbocycles. The number of rotatable bonds is 6. The first-order valence-electron chi connectivity index (χ1n) is 8.29. The molecule has 1 aliphatic heterocycles. The van der Waals surface area contributed by atoms with Crippen LogP contribution in [0.15, 0.2) is 24.3 Å². The molecule has 1 aromatic carbocycles. The number of hydrogen-bond donors (Lipinski definition) is 1. The smallest absolute Gasteiger partial charge is 0.123 e. The van der Waals surface area contributed by atoms with E-state index in [2.05, 4.69) is 31.0 Å². The third-order valence-electron chi connectivity index (χ3n) is 4.66. The molecule has 118 valence electrons. The summed E-state index contributed by atoms with van der Waals surface area (Å²) in [4.78, 5) is 2.56. The Hall–Kier alpha value is -0.930. The Balaban J connectivity index is 2.25. The molecule has 0 amide bonds. The molecular weight excluding hydrogens is 263 g/mol. The van der Waals surface area contributed by atoms with Crippen LogP contribution in [0.1, 0.15) is 58.1 Å². The predicted molar refractivity (Wildman–Crippen MR) is 86.9 cm³/mol. The molecule has 1 unspecified atom stereocenters. The minimum atomic E-state index is -0.148. The van der Waals surface area contributed by atoms with Crippen molar-refractivity contribution < 1.29 is 4.39 Å². The van der Waals surface area contributed by atoms with Crippen molar-refractivity contribution in [2.24, 2.45) is 0 Å². The van der Waals surface area contributed by atoms with E-state index >= 15 is 0 Å². The zero-order chi connectivity index (χ0) is 15.3. The van der Waals surface area contributed by atoms with E-state index in [9.17, 15) is 4.39 Å². The number of likely N-dealkylation sites (tertiary alicyclic amines) is 1. The highest BCUT2D eigenvalue weighted by Gasteiger charge is 2.36. The lowest BCUT2D eigenvalue weighted by atomic mass is 9.85. The van der Waals surface area contributed by atoms with Crippen LogP contribution in [-0.2, 0) is 0 Å². The number of benzene rings is 1. The Bertz CT molecular complexity index is 439. The molecule has 0 aromatic heterocycles. The fourth-order valence-electron chi connectivity index (χ4n) is 3.40. The van der Waals surface area contributed by atoms with E-state index < -0.39 is 0 Å². The van der Waals surface area contributed by atoms with Crippen LogP contribution >= 0.6 is 0 Å². The van der Waals surface area contributed by atoms with Crippen LogP contribution in [0.5, 0.6) is 0 Å². The van der Waals surface area contributed by atoms with Crippen molar-refractivity contribution in [1.82, 2.24) is 10.2 Å². The van der Waals surface area contributed by atoms with Gasteiger partial charge in [-0.25, -0.2) is 4.39 Å². The van der Waals surface area contributed by atoms with Crippen molar-refractivity contribution in [2.75, 3.05) is 19.6 Å². The second-order valence-corrected chi connectivity index (χ2v) is 6.64. The third-order valence-corrected chi connectivity index (χ3v) is 4.66. The molecule has 1 heterocycles. The van der Waals surface area contributed by atoms with Gasteiger partial charge in [0.25, 0.3) is 0 Å². The zero-order valence-electron chi connectivity index (χ0n) is 13.7. The molecule has 1 saturated heterocycles. The summed E-state index contributed by atoms with van der Waals surface area (Å²) < 4.78 is 13.6. The van der Waals surface area contributed by atoms with Crippen LogP contribution < -0.4 is 5.32 Å². The van der Waals surface area contributed by atoms with Gasteiger partial charge in [-0.2, -0.15) is 0 Å². The van der Waals surface area contributed by atoms with Gasteiger partial charge < -0.3 is 5.32 Å². The normalized spacial score (nSPS) is 18.7. The lowest BCUT2D eigenvalue weighted by Gasteiger charge is -2.46. The molecular formula is C18H29FN2. The second-order valence-electron chi connectivity index (χ2n) is 6.64. The van der Waals surface area contributed by atoms with E-state index in [0.717, 1.165) is 31.6 Å². The number of hydrogen-bond acceptors (Lipinski definition) is 2. The summed E-state index contributed by atoms with van der Waals surface area (Å²) in [7, 11) is 0. The Kier molecular flexibility index (Phi) is 5.77. The standard InChI is InChI=1S/C18H29FN2/c1-4-11-20-17(15-9-8-10-16(19)14-15)18(2,3)21-12-6-5-7-13-21/h8-10,14,17,20H,4-7,11-13H2,1-3H3. The molecule has 2 nitrogen and oxygen atoms in total. The predicted octanol–water partition coefficient (Wildman–Crippen LogP) is 4.13. The number of nitrogens with zero attached hydrogens (tertiary/aromatic N) is 1. The van der Waals surface area contributed by atoms with E-state index in [1.54, 1.807) is 6.07 Å². The van der Waals surface area contributed by atoms with Gasteiger partial charge in [0.2, 0.25) is 0 Å². The highest BCUT2D eigenvalue weighted by atomic mass is 19.1. The van der Waals surface area contributed by atoms with Crippen LogP contribution in [0, 0.1) is 5.82 Å².